The number of hydrogen-bond donors (Lipinski definition) is 0. The van der Waals surface area contributed by atoms with E-state index in [0.29, 0.717) is 6.42 Å². The minimum Gasteiger partial charge on any atom is -0.493 e. The average molecular weight is 382 g/mol. The zero-order valence-corrected chi connectivity index (χ0v) is 16.7. The maximum absolute atomic E-state index is 12.7. The number of carbonyl (C=O) groups is 1. The van der Waals surface area contributed by atoms with Gasteiger partial charge in [-0.25, -0.2) is 0 Å². The van der Waals surface area contributed by atoms with Crippen LogP contribution in [0.2, 0.25) is 0 Å². The number of methoxy groups -OCH3 is 2. The highest BCUT2D eigenvalue weighted by atomic mass is 16.6. The van der Waals surface area contributed by atoms with Crippen LogP contribution < -0.4 is 14.4 Å². The monoisotopic (exact) mass is 382 g/mol. The second kappa shape index (κ2) is 5.03. The highest BCUT2D eigenvalue weighted by molar-refractivity contribution is 5.82. The van der Waals surface area contributed by atoms with Crippen molar-refractivity contribution in [3.8, 4) is 11.5 Å². The molecule has 4 aliphatic heterocycles. The lowest BCUT2D eigenvalue weighted by atomic mass is 9.53. The number of benzene rings is 1. The first-order valence-corrected chi connectivity index (χ1v) is 10.2. The van der Waals surface area contributed by atoms with E-state index in [9.17, 15) is 4.79 Å². The maximum atomic E-state index is 12.7. The van der Waals surface area contributed by atoms with Crippen LogP contribution in [0.3, 0.4) is 0 Å². The average Bonchev–Trinajstić information content (AvgIpc) is 3.28. The summed E-state index contributed by atoms with van der Waals surface area (Å²) in [5, 5.41) is 0. The third kappa shape index (κ3) is 1.47. The first-order valence-electron chi connectivity index (χ1n) is 10.2. The predicted octanol–water partition coefficient (Wildman–Crippen LogP) is 2.46. The molecule has 0 aromatic heterocycles. The number of fused-ring (bicyclic) bond motifs is 1. The van der Waals surface area contributed by atoms with Gasteiger partial charge in [0.1, 0.15) is 0 Å². The number of nitrogens with zero attached hydrogens (tertiary/aromatic N) is 2. The number of esters is 1. The van der Waals surface area contributed by atoms with Gasteiger partial charge in [0, 0.05) is 20.1 Å². The molecule has 2 spiro atoms. The van der Waals surface area contributed by atoms with Crippen LogP contribution in [0.5, 0.6) is 11.5 Å². The third-order valence-corrected chi connectivity index (χ3v) is 8.15. The summed E-state index contributed by atoms with van der Waals surface area (Å²) in [6, 6.07) is 4.31. The van der Waals surface area contributed by atoms with E-state index in [1.165, 1.54) is 5.56 Å². The molecule has 5 aliphatic rings. The number of ether oxygens (including phenoxy) is 3. The Labute approximate surface area is 165 Å². The molecule has 6 heteroatoms. The van der Waals surface area contributed by atoms with Gasteiger partial charge in [0.25, 0.3) is 0 Å². The van der Waals surface area contributed by atoms with Gasteiger partial charge in [-0.1, -0.05) is 18.2 Å². The summed E-state index contributed by atoms with van der Waals surface area (Å²) in [5.41, 5.74) is 1.19. The summed E-state index contributed by atoms with van der Waals surface area (Å²) >= 11 is 0. The molecule has 6 rings (SSSR count). The van der Waals surface area contributed by atoms with Crippen molar-refractivity contribution in [2.24, 2.45) is 5.41 Å². The van der Waals surface area contributed by atoms with Gasteiger partial charge in [-0.15, -0.1) is 0 Å². The van der Waals surface area contributed by atoms with E-state index >= 15 is 0 Å². The minimum absolute atomic E-state index is 0.0601. The van der Waals surface area contributed by atoms with E-state index in [4.69, 9.17) is 14.2 Å². The summed E-state index contributed by atoms with van der Waals surface area (Å²) in [7, 11) is 5.49. The van der Waals surface area contributed by atoms with Crippen LogP contribution in [0.15, 0.2) is 24.3 Å². The number of piperidine rings is 1. The lowest BCUT2D eigenvalue weighted by molar-refractivity contribution is -0.207. The van der Waals surface area contributed by atoms with E-state index in [-0.39, 0.29) is 22.8 Å². The first-order chi connectivity index (χ1) is 13.5. The second-order valence-electron chi connectivity index (χ2n) is 8.88. The van der Waals surface area contributed by atoms with Gasteiger partial charge in [-0.05, 0) is 30.9 Å². The maximum Gasteiger partial charge on any atom is 0.308 e. The van der Waals surface area contributed by atoms with E-state index in [1.54, 1.807) is 14.2 Å². The van der Waals surface area contributed by atoms with Crippen molar-refractivity contribution >= 4 is 11.7 Å². The second-order valence-corrected chi connectivity index (χ2v) is 8.88. The third-order valence-electron chi connectivity index (χ3n) is 8.15. The normalized spacial score (nSPS) is 39.9. The Morgan fingerprint density at radius 3 is 2.82 bits per heavy atom. The Bertz CT molecular complexity index is 929. The SMILES string of the molecule is COc1ccc2c(c1OC)N(C)[C@@H]1C=C[C@@]34CCCN5CC[C@@]21[C@]53OC(=O)C4. The van der Waals surface area contributed by atoms with Crippen molar-refractivity contribution in [2.75, 3.05) is 39.3 Å². The predicted molar refractivity (Wildman–Crippen MR) is 104 cm³/mol. The summed E-state index contributed by atoms with van der Waals surface area (Å²) in [4.78, 5) is 17.5. The van der Waals surface area contributed by atoms with E-state index in [2.05, 4.69) is 35.1 Å². The zero-order valence-electron chi connectivity index (χ0n) is 16.7. The molecule has 148 valence electrons. The summed E-state index contributed by atoms with van der Waals surface area (Å²) in [6.45, 7) is 1.94. The number of carbonyl (C=O) groups excluding carboxylic acids is 1. The fraction of sp³-hybridized carbons (Fsp3) is 0.591. The molecule has 3 saturated heterocycles. The Kier molecular flexibility index (Phi) is 3.01. The standard InChI is InChI=1S/C22H26N2O4/c1-23-16-7-9-20-8-4-11-24-12-10-21(16,22(20,24)28-17(25)13-20)14-5-6-15(26-2)19(27-3)18(14)23/h5-7,9,16H,4,8,10-13H2,1-3H3/t16-,20-,21-,22+/m1/s1. The molecule has 1 aliphatic carbocycles. The molecule has 1 aromatic carbocycles. The number of hydrogen-bond acceptors (Lipinski definition) is 6. The molecule has 28 heavy (non-hydrogen) atoms. The van der Waals surface area contributed by atoms with Crippen molar-refractivity contribution in [1.82, 2.24) is 4.90 Å². The Morgan fingerprint density at radius 2 is 2.04 bits per heavy atom. The van der Waals surface area contributed by atoms with Crippen LogP contribution in [0.4, 0.5) is 5.69 Å². The van der Waals surface area contributed by atoms with Crippen molar-refractivity contribution in [2.45, 2.75) is 42.9 Å². The molecule has 3 fully saturated rings. The number of likely N-dealkylation sites (N-methyl/N-ethyl adjacent to an activating group) is 1. The molecule has 0 saturated carbocycles. The molecule has 1 aromatic rings. The van der Waals surface area contributed by atoms with Crippen LogP contribution in [0.1, 0.15) is 31.2 Å². The fourth-order valence-corrected chi connectivity index (χ4v) is 7.37. The molecule has 0 N–H and O–H groups in total. The van der Waals surface area contributed by atoms with Gasteiger partial charge in [0.2, 0.25) is 0 Å². The molecular formula is C22H26N2O4. The molecule has 4 atom stereocenters. The number of anilines is 1. The highest BCUT2D eigenvalue weighted by Crippen LogP contribution is 2.72. The van der Waals surface area contributed by atoms with Crippen LogP contribution >= 0.6 is 0 Å². The number of rotatable bonds is 2. The van der Waals surface area contributed by atoms with Crippen molar-refractivity contribution in [3.05, 3.63) is 29.8 Å². The molecule has 0 unspecified atom stereocenters. The van der Waals surface area contributed by atoms with Gasteiger partial charge in [-0.3, -0.25) is 9.69 Å². The largest absolute Gasteiger partial charge is 0.493 e. The molecule has 6 nitrogen and oxygen atoms in total. The van der Waals surface area contributed by atoms with Crippen LogP contribution in [-0.2, 0) is 14.9 Å². The van der Waals surface area contributed by atoms with Gasteiger partial charge in [0.05, 0.1) is 43.2 Å². The fourth-order valence-electron chi connectivity index (χ4n) is 7.37. The van der Waals surface area contributed by atoms with Crippen LogP contribution in [0, 0.1) is 5.41 Å². The van der Waals surface area contributed by atoms with E-state index in [0.717, 1.165) is 49.5 Å². The van der Waals surface area contributed by atoms with Gasteiger partial charge in [-0.2, -0.15) is 0 Å². The van der Waals surface area contributed by atoms with Crippen molar-refractivity contribution < 1.29 is 19.0 Å². The first kappa shape index (κ1) is 16.7. The van der Waals surface area contributed by atoms with Gasteiger partial charge < -0.3 is 19.1 Å². The van der Waals surface area contributed by atoms with E-state index < -0.39 is 5.72 Å². The lowest BCUT2D eigenvalue weighted by Crippen LogP contribution is -2.71. The van der Waals surface area contributed by atoms with Crippen molar-refractivity contribution in [3.63, 3.8) is 0 Å². The van der Waals surface area contributed by atoms with Crippen molar-refractivity contribution in [1.29, 1.82) is 0 Å². The molecule has 4 heterocycles. The molecule has 0 radical (unpaired) electrons. The van der Waals surface area contributed by atoms with Gasteiger partial charge >= 0.3 is 5.97 Å². The van der Waals surface area contributed by atoms with Crippen LogP contribution in [0.25, 0.3) is 0 Å². The summed E-state index contributed by atoms with van der Waals surface area (Å²) in [5.74, 6) is 1.44. The van der Waals surface area contributed by atoms with Gasteiger partial charge in [0.15, 0.2) is 17.2 Å². The Balaban J connectivity index is 1.69. The molecule has 0 bridgehead atoms. The minimum atomic E-state index is -0.589. The molecule has 0 amide bonds. The topological polar surface area (TPSA) is 51.2 Å². The Hall–Kier alpha value is -2.21. The van der Waals surface area contributed by atoms with E-state index in [1.807, 2.05) is 6.07 Å². The summed E-state index contributed by atoms with van der Waals surface area (Å²) < 4.78 is 17.8. The lowest BCUT2D eigenvalue weighted by Gasteiger charge is -2.59. The quantitative estimate of drug-likeness (QED) is 0.579. The molecular weight excluding hydrogens is 356 g/mol. The summed E-state index contributed by atoms with van der Waals surface area (Å²) in [6.07, 6.45) is 8.22. The Morgan fingerprint density at radius 1 is 1.18 bits per heavy atom. The van der Waals surface area contributed by atoms with Crippen LogP contribution in [-0.4, -0.2) is 57.0 Å². The zero-order chi connectivity index (χ0) is 19.3. The smallest absolute Gasteiger partial charge is 0.308 e. The highest BCUT2D eigenvalue weighted by Gasteiger charge is 2.80.